The predicted octanol–water partition coefficient (Wildman–Crippen LogP) is 1.81. The molecule has 0 amide bonds. The molecular formula is C7H6F3N3O3S. The van der Waals surface area contributed by atoms with Crippen molar-refractivity contribution in [3.63, 3.8) is 0 Å². The number of hydrogen-bond acceptors (Lipinski definition) is 5. The molecule has 17 heavy (non-hydrogen) atoms. The second kappa shape index (κ2) is 4.57. The van der Waals surface area contributed by atoms with E-state index in [0.29, 0.717) is 0 Å². The molecule has 0 fully saturated rings. The predicted molar refractivity (Wildman–Crippen MR) is 48.6 cm³/mol. The third kappa shape index (κ3) is 3.90. The summed E-state index contributed by atoms with van der Waals surface area (Å²) in [5.41, 5.74) is 6.33. The van der Waals surface area contributed by atoms with Gasteiger partial charge in [0.05, 0.1) is 4.90 Å². The summed E-state index contributed by atoms with van der Waals surface area (Å²) in [7, 11) is -4.01. The highest BCUT2D eigenvalue weighted by Gasteiger charge is 2.31. The Morgan fingerprint density at radius 2 is 1.76 bits per heavy atom. The molecule has 1 rings (SSSR count). The lowest BCUT2D eigenvalue weighted by molar-refractivity contribution is -0.274. The second-order valence-electron chi connectivity index (χ2n) is 2.73. The van der Waals surface area contributed by atoms with Crippen LogP contribution in [0, 0.1) is 5.53 Å². The van der Waals surface area contributed by atoms with Gasteiger partial charge in [-0.1, -0.05) is 5.22 Å². The van der Waals surface area contributed by atoms with Gasteiger partial charge >= 0.3 is 6.36 Å². The SMILES string of the molecule is N=NNS(=O)(=O)c1ccc(OC(F)(F)F)cc1. The molecule has 0 radical (unpaired) electrons. The minimum absolute atomic E-state index is 0.331. The number of rotatable bonds is 4. The average Bonchev–Trinajstić information content (AvgIpc) is 2.15. The first kappa shape index (κ1) is 13.2. The van der Waals surface area contributed by atoms with Gasteiger partial charge in [0.2, 0.25) is 0 Å². The first-order chi connectivity index (χ1) is 7.74. The average molecular weight is 269 g/mol. The first-order valence-corrected chi connectivity index (χ1v) is 5.47. The standard InChI is InChI=1S/C7H6F3N3O3S/c8-7(9,10)16-5-1-3-6(4-2-5)17(14,15)13-12-11/h1-4H,(H2,11,13). The zero-order chi connectivity index (χ0) is 13.1. The lowest BCUT2D eigenvalue weighted by atomic mass is 10.3. The van der Waals surface area contributed by atoms with Crippen molar-refractivity contribution in [3.05, 3.63) is 24.3 Å². The molecule has 0 saturated carbocycles. The van der Waals surface area contributed by atoms with Crippen LogP contribution in [0.25, 0.3) is 0 Å². The fourth-order valence-corrected chi connectivity index (χ4v) is 1.65. The molecule has 0 bridgehead atoms. The summed E-state index contributed by atoms with van der Waals surface area (Å²) in [4.78, 5) is 1.18. The smallest absolute Gasteiger partial charge is 0.406 e. The Hall–Kier alpha value is -1.84. The van der Waals surface area contributed by atoms with Crippen LogP contribution >= 0.6 is 0 Å². The molecule has 0 atom stereocenters. The lowest BCUT2D eigenvalue weighted by Crippen LogP contribution is -2.18. The van der Waals surface area contributed by atoms with Crippen LogP contribution in [-0.2, 0) is 10.0 Å². The molecule has 0 aliphatic rings. The zero-order valence-electron chi connectivity index (χ0n) is 8.02. The number of sulfonamides is 1. The summed E-state index contributed by atoms with van der Waals surface area (Å²) in [6.45, 7) is 0. The van der Waals surface area contributed by atoms with Crippen molar-refractivity contribution in [1.82, 2.24) is 4.83 Å². The summed E-state index contributed by atoms with van der Waals surface area (Å²) in [5.74, 6) is -0.542. The fraction of sp³-hybridized carbons (Fsp3) is 0.143. The van der Waals surface area contributed by atoms with Crippen molar-refractivity contribution in [1.29, 1.82) is 5.53 Å². The second-order valence-corrected chi connectivity index (χ2v) is 4.39. The van der Waals surface area contributed by atoms with Crippen molar-refractivity contribution in [2.75, 3.05) is 0 Å². The Bertz CT molecular complexity index is 497. The summed E-state index contributed by atoms with van der Waals surface area (Å²) in [5, 5.41) is 2.47. The molecule has 0 heterocycles. The minimum Gasteiger partial charge on any atom is -0.406 e. The molecule has 0 saturated heterocycles. The molecule has 10 heteroatoms. The normalized spacial score (nSPS) is 11.9. The number of hydrogen-bond donors (Lipinski definition) is 2. The van der Waals surface area contributed by atoms with E-state index < -0.39 is 22.1 Å². The van der Waals surface area contributed by atoms with Gasteiger partial charge in [0, 0.05) is 0 Å². The van der Waals surface area contributed by atoms with Crippen molar-refractivity contribution in [2.45, 2.75) is 11.3 Å². The molecular weight excluding hydrogens is 263 g/mol. The number of alkyl halides is 3. The van der Waals surface area contributed by atoms with Crippen LogP contribution in [0.2, 0.25) is 0 Å². The van der Waals surface area contributed by atoms with Gasteiger partial charge in [-0.15, -0.1) is 13.2 Å². The van der Waals surface area contributed by atoms with Gasteiger partial charge in [-0.05, 0) is 24.3 Å². The molecule has 1 aromatic carbocycles. The van der Waals surface area contributed by atoms with Crippen molar-refractivity contribution < 1.29 is 26.3 Å². The molecule has 0 spiro atoms. The summed E-state index contributed by atoms with van der Waals surface area (Å²) < 4.78 is 61.4. The van der Waals surface area contributed by atoms with Gasteiger partial charge in [-0.3, -0.25) is 0 Å². The van der Waals surface area contributed by atoms with E-state index >= 15 is 0 Å². The largest absolute Gasteiger partial charge is 0.573 e. The van der Waals surface area contributed by atoms with Gasteiger partial charge in [0.25, 0.3) is 10.0 Å². The number of ether oxygens (including phenoxy) is 1. The Kier molecular flexibility index (Phi) is 3.56. The molecule has 0 aliphatic carbocycles. The molecule has 0 aliphatic heterocycles. The highest BCUT2D eigenvalue weighted by atomic mass is 32.2. The minimum atomic E-state index is -4.84. The van der Waals surface area contributed by atoms with Crippen LogP contribution in [0.1, 0.15) is 0 Å². The Balaban J connectivity index is 2.93. The van der Waals surface area contributed by atoms with Crippen LogP contribution in [0.3, 0.4) is 0 Å². The fourth-order valence-electron chi connectivity index (χ4n) is 0.933. The molecule has 1 aromatic rings. The summed E-state index contributed by atoms with van der Waals surface area (Å²) >= 11 is 0. The number of nitrogens with zero attached hydrogens (tertiary/aromatic N) is 1. The van der Waals surface area contributed by atoms with Crippen LogP contribution in [0.5, 0.6) is 5.75 Å². The quantitative estimate of drug-likeness (QED) is 0.645. The van der Waals surface area contributed by atoms with Gasteiger partial charge in [-0.25, -0.2) is 0 Å². The first-order valence-electron chi connectivity index (χ1n) is 3.99. The van der Waals surface area contributed by atoms with E-state index in [0.717, 1.165) is 24.3 Å². The van der Waals surface area contributed by atoms with Gasteiger partial charge in [0.15, 0.2) is 0 Å². The summed E-state index contributed by atoms with van der Waals surface area (Å²) in [6, 6.07) is 3.47. The molecule has 94 valence electrons. The Morgan fingerprint density at radius 3 is 2.18 bits per heavy atom. The van der Waals surface area contributed by atoms with Crippen molar-refractivity contribution in [3.8, 4) is 5.75 Å². The van der Waals surface area contributed by atoms with E-state index in [-0.39, 0.29) is 4.90 Å². The van der Waals surface area contributed by atoms with Gasteiger partial charge in [0.1, 0.15) is 5.75 Å². The number of halogens is 3. The summed E-state index contributed by atoms with van der Waals surface area (Å²) in [6.07, 6.45) is -4.84. The zero-order valence-corrected chi connectivity index (χ0v) is 8.84. The lowest BCUT2D eigenvalue weighted by Gasteiger charge is -2.09. The highest BCUT2D eigenvalue weighted by Crippen LogP contribution is 2.23. The van der Waals surface area contributed by atoms with E-state index in [4.69, 9.17) is 5.53 Å². The Labute approximate surface area is 93.9 Å². The van der Waals surface area contributed by atoms with E-state index in [9.17, 15) is 21.6 Å². The maximum atomic E-state index is 11.8. The topological polar surface area (TPSA) is 91.6 Å². The van der Waals surface area contributed by atoms with E-state index in [1.165, 1.54) is 4.83 Å². The highest BCUT2D eigenvalue weighted by molar-refractivity contribution is 7.89. The van der Waals surface area contributed by atoms with Gasteiger partial charge in [-0.2, -0.15) is 18.8 Å². The van der Waals surface area contributed by atoms with E-state index in [1.54, 1.807) is 0 Å². The third-order valence-electron chi connectivity index (χ3n) is 1.53. The molecule has 0 aromatic heterocycles. The monoisotopic (exact) mass is 269 g/mol. The molecule has 2 N–H and O–H groups in total. The van der Waals surface area contributed by atoms with E-state index in [1.807, 2.05) is 0 Å². The van der Waals surface area contributed by atoms with Gasteiger partial charge < -0.3 is 4.74 Å². The Morgan fingerprint density at radius 1 is 1.24 bits per heavy atom. The van der Waals surface area contributed by atoms with Crippen LogP contribution in [-0.4, -0.2) is 14.8 Å². The number of nitrogens with one attached hydrogen (secondary N) is 2. The van der Waals surface area contributed by atoms with Crippen molar-refractivity contribution >= 4 is 10.0 Å². The van der Waals surface area contributed by atoms with Crippen LogP contribution in [0.15, 0.2) is 34.4 Å². The third-order valence-corrected chi connectivity index (χ3v) is 2.76. The number of benzene rings is 1. The van der Waals surface area contributed by atoms with E-state index in [2.05, 4.69) is 9.96 Å². The van der Waals surface area contributed by atoms with Crippen LogP contribution < -0.4 is 9.57 Å². The molecule has 0 unspecified atom stereocenters. The van der Waals surface area contributed by atoms with Crippen LogP contribution in [0.4, 0.5) is 13.2 Å². The maximum Gasteiger partial charge on any atom is 0.573 e. The molecule has 6 nitrogen and oxygen atoms in total. The van der Waals surface area contributed by atoms with Crippen molar-refractivity contribution in [2.24, 2.45) is 5.22 Å². The maximum absolute atomic E-state index is 11.8.